The molecule has 4 aromatic rings. The van der Waals surface area contributed by atoms with Crippen molar-refractivity contribution in [3.8, 4) is 16.9 Å². The third-order valence-electron chi connectivity index (χ3n) is 6.52. The van der Waals surface area contributed by atoms with Gasteiger partial charge in [-0.1, -0.05) is 54.6 Å². The van der Waals surface area contributed by atoms with Crippen molar-refractivity contribution in [3.63, 3.8) is 0 Å². The van der Waals surface area contributed by atoms with Crippen LogP contribution in [0.25, 0.3) is 11.1 Å². The summed E-state index contributed by atoms with van der Waals surface area (Å²) in [6, 6.07) is 14.1. The number of aryl methyl sites for hydroxylation is 3. The monoisotopic (exact) mass is 578 g/mol. The van der Waals surface area contributed by atoms with Crippen LogP contribution < -0.4 is 10.1 Å². The second kappa shape index (κ2) is 13.1. The number of esters is 1. The lowest BCUT2D eigenvalue weighted by Gasteiger charge is -2.16. The molecule has 1 amide bonds. The number of methoxy groups -OCH3 is 1. The highest BCUT2D eigenvalue weighted by atomic mass is 32.2. The minimum Gasteiger partial charge on any atom is -0.483 e. The molecule has 0 saturated heterocycles. The molecule has 0 spiro atoms. The Kier molecular flexibility index (Phi) is 9.65. The molecule has 1 unspecified atom stereocenters. The zero-order valence-electron chi connectivity index (χ0n) is 23.6. The zero-order chi connectivity index (χ0) is 28.8. The lowest BCUT2D eigenvalue weighted by Crippen LogP contribution is -2.17. The molecule has 0 radical (unpaired) electrons. The summed E-state index contributed by atoms with van der Waals surface area (Å²) in [6.45, 7) is 10.7. The Balaban J connectivity index is 1.46. The highest BCUT2D eigenvalue weighted by Gasteiger charge is 2.24. The molecular weight excluding hydrogens is 544 g/mol. The number of nitrogens with one attached hydrogen (secondary N) is 1. The van der Waals surface area contributed by atoms with Gasteiger partial charge in [0.25, 0.3) is 0 Å². The highest BCUT2D eigenvalue weighted by molar-refractivity contribution is 7.99. The molecule has 8 nitrogen and oxygen atoms in total. The topological polar surface area (TPSA) is 95.3 Å². The van der Waals surface area contributed by atoms with E-state index < -0.39 is 5.97 Å². The molecule has 1 N–H and O–H groups in total. The van der Waals surface area contributed by atoms with Gasteiger partial charge in [-0.05, 0) is 62.9 Å². The average molecular weight is 579 g/mol. The van der Waals surface area contributed by atoms with Gasteiger partial charge in [0.15, 0.2) is 17.1 Å². The van der Waals surface area contributed by atoms with Gasteiger partial charge in [-0.2, -0.15) is 0 Å². The van der Waals surface area contributed by atoms with E-state index in [0.717, 1.165) is 34.4 Å². The molecule has 40 heavy (non-hydrogen) atoms. The van der Waals surface area contributed by atoms with Gasteiger partial charge >= 0.3 is 5.97 Å². The molecule has 2 heterocycles. The number of aromatic nitrogens is 3. The fourth-order valence-corrected chi connectivity index (χ4v) is 6.11. The van der Waals surface area contributed by atoms with E-state index in [4.69, 9.17) is 9.47 Å². The first kappa shape index (κ1) is 29.4. The van der Waals surface area contributed by atoms with Crippen LogP contribution in [0.15, 0.2) is 53.0 Å². The van der Waals surface area contributed by atoms with E-state index in [2.05, 4.69) is 34.6 Å². The Morgan fingerprint density at radius 1 is 1.07 bits per heavy atom. The maximum Gasteiger partial charge on any atom is 0.341 e. The van der Waals surface area contributed by atoms with Crippen LogP contribution in [-0.2, 0) is 22.5 Å². The summed E-state index contributed by atoms with van der Waals surface area (Å²) in [5.74, 6) is 0.810. The van der Waals surface area contributed by atoms with Crippen molar-refractivity contribution >= 4 is 40.0 Å². The Bertz CT molecular complexity index is 1490. The molecule has 0 saturated carbocycles. The summed E-state index contributed by atoms with van der Waals surface area (Å²) in [7, 11) is 1.34. The van der Waals surface area contributed by atoms with Crippen molar-refractivity contribution < 1.29 is 19.1 Å². The number of thiophene rings is 1. The molecule has 2 aromatic carbocycles. The van der Waals surface area contributed by atoms with Gasteiger partial charge in [0.2, 0.25) is 5.91 Å². The van der Waals surface area contributed by atoms with E-state index in [0.29, 0.717) is 28.1 Å². The molecule has 10 heteroatoms. The number of hydrogen-bond donors (Lipinski definition) is 1. The van der Waals surface area contributed by atoms with Crippen LogP contribution in [0.4, 0.5) is 5.00 Å². The van der Waals surface area contributed by atoms with E-state index in [1.165, 1.54) is 35.8 Å². The largest absolute Gasteiger partial charge is 0.483 e. The molecular formula is C30H34N4O4S2. The summed E-state index contributed by atoms with van der Waals surface area (Å²) < 4.78 is 13.1. The maximum absolute atomic E-state index is 13.0. The number of anilines is 1. The number of nitrogens with zero attached hydrogens (tertiary/aromatic N) is 3. The van der Waals surface area contributed by atoms with Crippen molar-refractivity contribution in [2.75, 3.05) is 18.2 Å². The average Bonchev–Trinajstić information content (AvgIpc) is 3.57. The van der Waals surface area contributed by atoms with E-state index in [9.17, 15) is 9.59 Å². The maximum atomic E-state index is 13.0. The van der Waals surface area contributed by atoms with E-state index in [1.54, 1.807) is 0 Å². The Hall–Kier alpha value is -3.63. The molecule has 0 aliphatic rings. The summed E-state index contributed by atoms with van der Waals surface area (Å²) in [5, 5.41) is 14.5. The van der Waals surface area contributed by atoms with Gasteiger partial charge in [-0.25, -0.2) is 4.79 Å². The second-order valence-electron chi connectivity index (χ2n) is 9.34. The molecule has 0 aliphatic carbocycles. The Labute approximate surface area is 243 Å². The minimum atomic E-state index is -0.492. The van der Waals surface area contributed by atoms with Crippen LogP contribution in [0, 0.1) is 13.8 Å². The highest BCUT2D eigenvalue weighted by Crippen LogP contribution is 2.38. The number of thioether (sulfide) groups is 1. The van der Waals surface area contributed by atoms with Crippen molar-refractivity contribution in [2.45, 2.75) is 58.8 Å². The van der Waals surface area contributed by atoms with Gasteiger partial charge in [-0.3, -0.25) is 4.79 Å². The summed E-state index contributed by atoms with van der Waals surface area (Å²) in [4.78, 5) is 25.7. The summed E-state index contributed by atoms with van der Waals surface area (Å²) >= 11 is 2.59. The molecule has 2 aromatic heterocycles. The normalized spacial score (nSPS) is 11.8. The van der Waals surface area contributed by atoms with Crippen LogP contribution in [-0.4, -0.2) is 39.5 Å². The first-order valence-electron chi connectivity index (χ1n) is 13.1. The van der Waals surface area contributed by atoms with Crippen LogP contribution in [0.3, 0.4) is 0 Å². The van der Waals surface area contributed by atoms with Crippen LogP contribution in [0.1, 0.15) is 59.7 Å². The van der Waals surface area contributed by atoms with Crippen molar-refractivity contribution in [3.05, 3.63) is 75.9 Å². The fourth-order valence-electron chi connectivity index (χ4n) is 4.34. The minimum absolute atomic E-state index is 0.100. The predicted octanol–water partition coefficient (Wildman–Crippen LogP) is 6.86. The SMILES string of the molecule is CCc1ccc(OC(C)c2nnc(SCC(=O)Nc3scc(-c4cc(C)ccc4C)c3C(=O)OC)n2CC)cc1. The van der Waals surface area contributed by atoms with Gasteiger partial charge < -0.3 is 19.4 Å². The first-order chi connectivity index (χ1) is 19.2. The van der Waals surface area contributed by atoms with Crippen molar-refractivity contribution in [1.82, 2.24) is 14.8 Å². The second-order valence-corrected chi connectivity index (χ2v) is 11.2. The summed E-state index contributed by atoms with van der Waals surface area (Å²) in [6.07, 6.45) is 0.651. The van der Waals surface area contributed by atoms with Crippen molar-refractivity contribution in [2.24, 2.45) is 0 Å². The quantitative estimate of drug-likeness (QED) is 0.153. The van der Waals surface area contributed by atoms with E-state index >= 15 is 0 Å². The van der Waals surface area contributed by atoms with E-state index in [-0.39, 0.29) is 17.8 Å². The van der Waals surface area contributed by atoms with Gasteiger partial charge in [-0.15, -0.1) is 21.5 Å². The fraction of sp³-hybridized carbons (Fsp3) is 0.333. The van der Waals surface area contributed by atoms with Gasteiger partial charge in [0, 0.05) is 17.5 Å². The number of carbonyl (C=O) groups excluding carboxylic acids is 2. The Morgan fingerprint density at radius 2 is 1.82 bits per heavy atom. The molecule has 1 atom stereocenters. The van der Waals surface area contributed by atoms with Crippen molar-refractivity contribution in [1.29, 1.82) is 0 Å². The molecule has 0 fully saturated rings. The number of amides is 1. The number of ether oxygens (including phenoxy) is 2. The molecule has 0 bridgehead atoms. The van der Waals surface area contributed by atoms with Gasteiger partial charge in [0.05, 0.1) is 12.9 Å². The third-order valence-corrected chi connectivity index (χ3v) is 8.38. The summed E-state index contributed by atoms with van der Waals surface area (Å²) in [5.41, 5.74) is 5.40. The smallest absolute Gasteiger partial charge is 0.341 e. The molecule has 0 aliphatic heterocycles. The van der Waals surface area contributed by atoms with Gasteiger partial charge in [0.1, 0.15) is 16.3 Å². The molecule has 4 rings (SSSR count). The van der Waals surface area contributed by atoms with Crippen LogP contribution >= 0.6 is 23.1 Å². The lowest BCUT2D eigenvalue weighted by molar-refractivity contribution is -0.113. The zero-order valence-corrected chi connectivity index (χ0v) is 25.2. The third kappa shape index (κ3) is 6.56. The standard InChI is InChI=1S/C30H34N4O4S2/c1-7-21-11-13-22(14-12-21)38-20(5)27-32-33-30(34(27)8-2)40-17-25(35)31-28-26(29(36)37-6)24(16-39-28)23-15-18(3)9-10-19(23)4/h9-16,20H,7-8,17H2,1-6H3,(H,31,35). The number of hydrogen-bond acceptors (Lipinski definition) is 8. The van der Waals surface area contributed by atoms with E-state index in [1.807, 2.05) is 68.0 Å². The number of rotatable bonds is 11. The van der Waals surface area contributed by atoms with Crippen LogP contribution in [0.2, 0.25) is 0 Å². The predicted molar refractivity (Wildman–Crippen MR) is 160 cm³/mol. The number of carbonyl (C=O) groups is 2. The van der Waals surface area contributed by atoms with Crippen LogP contribution in [0.5, 0.6) is 5.75 Å². The lowest BCUT2D eigenvalue weighted by atomic mass is 9.97. The first-order valence-corrected chi connectivity index (χ1v) is 15.0. The molecule has 210 valence electrons. The Morgan fingerprint density at radius 3 is 2.50 bits per heavy atom. The number of benzene rings is 2.